The quantitative estimate of drug-likeness (QED) is 0.824. The van der Waals surface area contributed by atoms with Crippen LogP contribution in [0.25, 0.3) is 0 Å². The number of anilines is 1. The van der Waals surface area contributed by atoms with E-state index in [4.69, 9.17) is 11.6 Å². The van der Waals surface area contributed by atoms with Crippen LogP contribution in [0.4, 0.5) is 5.82 Å². The first-order valence-electron chi connectivity index (χ1n) is 6.52. The van der Waals surface area contributed by atoms with Gasteiger partial charge in [0, 0.05) is 18.6 Å². The Morgan fingerprint density at radius 3 is 2.82 bits per heavy atom. The van der Waals surface area contributed by atoms with Crippen LogP contribution in [0.2, 0.25) is 0 Å². The van der Waals surface area contributed by atoms with Crippen molar-refractivity contribution in [3.05, 3.63) is 23.9 Å². The summed E-state index contributed by atoms with van der Waals surface area (Å²) in [7, 11) is 0. The van der Waals surface area contributed by atoms with E-state index in [-0.39, 0.29) is 0 Å². The maximum absolute atomic E-state index is 6.04. The van der Waals surface area contributed by atoms with Crippen molar-refractivity contribution in [2.45, 2.75) is 32.6 Å². The summed E-state index contributed by atoms with van der Waals surface area (Å²) in [4.78, 5) is 4.33. The number of nitrogens with one attached hydrogen (secondary N) is 1. The predicted molar refractivity (Wildman–Crippen MR) is 73.6 cm³/mol. The van der Waals surface area contributed by atoms with Gasteiger partial charge in [0.15, 0.2) is 0 Å². The van der Waals surface area contributed by atoms with Crippen LogP contribution in [0.3, 0.4) is 0 Å². The molecule has 17 heavy (non-hydrogen) atoms. The van der Waals surface area contributed by atoms with E-state index in [2.05, 4.69) is 23.3 Å². The molecule has 1 saturated carbocycles. The van der Waals surface area contributed by atoms with Crippen LogP contribution in [0, 0.1) is 18.8 Å². The molecule has 1 aliphatic rings. The SMILES string of the molecule is Cc1ccnc(NCC2CCCCC2CCl)c1. The zero-order valence-corrected chi connectivity index (χ0v) is 11.2. The largest absolute Gasteiger partial charge is 0.370 e. The van der Waals surface area contributed by atoms with Crippen molar-refractivity contribution >= 4 is 17.4 Å². The summed E-state index contributed by atoms with van der Waals surface area (Å²) in [6.07, 6.45) is 7.14. The van der Waals surface area contributed by atoms with E-state index in [1.807, 2.05) is 12.3 Å². The Morgan fingerprint density at radius 1 is 1.35 bits per heavy atom. The van der Waals surface area contributed by atoms with Gasteiger partial charge in [0.1, 0.15) is 5.82 Å². The highest BCUT2D eigenvalue weighted by Gasteiger charge is 2.23. The maximum Gasteiger partial charge on any atom is 0.126 e. The van der Waals surface area contributed by atoms with Crippen LogP contribution < -0.4 is 5.32 Å². The zero-order valence-electron chi connectivity index (χ0n) is 10.5. The van der Waals surface area contributed by atoms with Crippen molar-refractivity contribution in [2.24, 2.45) is 11.8 Å². The van der Waals surface area contributed by atoms with Crippen LogP contribution >= 0.6 is 11.6 Å². The fourth-order valence-corrected chi connectivity index (χ4v) is 3.03. The monoisotopic (exact) mass is 252 g/mol. The molecule has 0 saturated heterocycles. The van der Waals surface area contributed by atoms with Gasteiger partial charge in [-0.3, -0.25) is 0 Å². The van der Waals surface area contributed by atoms with Crippen LogP contribution in [0.15, 0.2) is 18.3 Å². The zero-order chi connectivity index (χ0) is 12.1. The van der Waals surface area contributed by atoms with Crippen LogP contribution in [0.1, 0.15) is 31.2 Å². The summed E-state index contributed by atoms with van der Waals surface area (Å²) in [5.74, 6) is 3.18. The third-order valence-corrected chi connectivity index (χ3v) is 4.12. The Kier molecular flexibility index (Phi) is 4.66. The summed E-state index contributed by atoms with van der Waals surface area (Å²) in [5, 5.41) is 3.45. The second-order valence-corrected chi connectivity index (χ2v) is 5.37. The summed E-state index contributed by atoms with van der Waals surface area (Å²) < 4.78 is 0. The molecule has 1 heterocycles. The summed E-state index contributed by atoms with van der Waals surface area (Å²) >= 11 is 6.04. The number of pyridine rings is 1. The molecule has 0 aromatic carbocycles. The molecule has 2 nitrogen and oxygen atoms in total. The Hall–Kier alpha value is -0.760. The second-order valence-electron chi connectivity index (χ2n) is 5.06. The highest BCUT2D eigenvalue weighted by atomic mass is 35.5. The number of halogens is 1. The average Bonchev–Trinajstić information content (AvgIpc) is 2.37. The van der Waals surface area contributed by atoms with Crippen molar-refractivity contribution in [3.8, 4) is 0 Å². The van der Waals surface area contributed by atoms with E-state index < -0.39 is 0 Å². The van der Waals surface area contributed by atoms with Gasteiger partial charge in [0.2, 0.25) is 0 Å². The van der Waals surface area contributed by atoms with E-state index >= 15 is 0 Å². The number of nitrogens with zero attached hydrogens (tertiary/aromatic N) is 1. The van der Waals surface area contributed by atoms with Gasteiger partial charge >= 0.3 is 0 Å². The van der Waals surface area contributed by atoms with Gasteiger partial charge in [0.05, 0.1) is 0 Å². The molecule has 1 aromatic rings. The molecule has 3 heteroatoms. The summed E-state index contributed by atoms with van der Waals surface area (Å²) in [5.41, 5.74) is 1.25. The van der Waals surface area contributed by atoms with E-state index in [1.165, 1.54) is 31.2 Å². The molecule has 0 aliphatic heterocycles. The third kappa shape index (κ3) is 3.60. The second kappa shape index (κ2) is 6.25. The van der Waals surface area contributed by atoms with E-state index in [0.29, 0.717) is 11.8 Å². The molecule has 1 N–H and O–H groups in total. The minimum absolute atomic E-state index is 0.683. The van der Waals surface area contributed by atoms with Gasteiger partial charge in [-0.15, -0.1) is 11.6 Å². The molecular weight excluding hydrogens is 232 g/mol. The van der Waals surface area contributed by atoms with Crippen molar-refractivity contribution in [1.82, 2.24) is 4.98 Å². The Bertz CT molecular complexity index is 354. The molecule has 0 spiro atoms. The van der Waals surface area contributed by atoms with Gasteiger partial charge in [-0.1, -0.05) is 12.8 Å². The normalized spacial score (nSPS) is 24.6. The van der Waals surface area contributed by atoms with E-state index in [1.54, 1.807) is 0 Å². The predicted octanol–water partition coefficient (Wildman–Crippen LogP) is 3.85. The molecule has 2 rings (SSSR count). The molecule has 2 atom stereocenters. The van der Waals surface area contributed by atoms with Gasteiger partial charge < -0.3 is 5.32 Å². The smallest absolute Gasteiger partial charge is 0.126 e. The fraction of sp³-hybridized carbons (Fsp3) is 0.643. The molecular formula is C14H21ClN2. The molecule has 94 valence electrons. The Balaban J connectivity index is 1.88. The van der Waals surface area contributed by atoms with Gasteiger partial charge in [-0.25, -0.2) is 4.98 Å². The van der Waals surface area contributed by atoms with Gasteiger partial charge in [-0.05, 0) is 49.3 Å². The van der Waals surface area contributed by atoms with Crippen molar-refractivity contribution in [1.29, 1.82) is 0 Å². The molecule has 0 amide bonds. The number of rotatable bonds is 4. The lowest BCUT2D eigenvalue weighted by atomic mass is 9.80. The van der Waals surface area contributed by atoms with Crippen LogP contribution in [0.5, 0.6) is 0 Å². The molecule has 1 fully saturated rings. The minimum atomic E-state index is 0.683. The highest BCUT2D eigenvalue weighted by Crippen LogP contribution is 2.30. The topological polar surface area (TPSA) is 24.9 Å². The van der Waals surface area contributed by atoms with Crippen molar-refractivity contribution in [2.75, 3.05) is 17.7 Å². The number of hydrogen-bond donors (Lipinski definition) is 1. The van der Waals surface area contributed by atoms with Crippen molar-refractivity contribution < 1.29 is 0 Å². The van der Waals surface area contributed by atoms with E-state index in [0.717, 1.165) is 18.2 Å². The average molecular weight is 253 g/mol. The molecule has 0 bridgehead atoms. The fourth-order valence-electron chi connectivity index (χ4n) is 2.62. The third-order valence-electron chi connectivity index (χ3n) is 3.73. The van der Waals surface area contributed by atoms with Crippen LogP contribution in [-0.4, -0.2) is 17.4 Å². The van der Waals surface area contributed by atoms with Crippen LogP contribution in [-0.2, 0) is 0 Å². The standard InChI is InChI=1S/C14H21ClN2/c1-11-6-7-16-14(8-11)17-10-13-5-3-2-4-12(13)9-15/h6-8,12-13H,2-5,9-10H2,1H3,(H,16,17). The number of hydrogen-bond acceptors (Lipinski definition) is 2. The molecule has 1 aromatic heterocycles. The number of alkyl halides is 1. The maximum atomic E-state index is 6.04. The lowest BCUT2D eigenvalue weighted by Gasteiger charge is -2.30. The molecule has 0 radical (unpaired) electrons. The first-order valence-corrected chi connectivity index (χ1v) is 7.05. The lowest BCUT2D eigenvalue weighted by Crippen LogP contribution is -2.27. The van der Waals surface area contributed by atoms with E-state index in [9.17, 15) is 0 Å². The van der Waals surface area contributed by atoms with Crippen molar-refractivity contribution in [3.63, 3.8) is 0 Å². The summed E-state index contributed by atoms with van der Waals surface area (Å²) in [6, 6.07) is 4.12. The molecule has 2 unspecified atom stereocenters. The first-order chi connectivity index (χ1) is 8.29. The Morgan fingerprint density at radius 2 is 2.12 bits per heavy atom. The molecule has 1 aliphatic carbocycles. The summed E-state index contributed by atoms with van der Waals surface area (Å²) in [6.45, 7) is 3.10. The van der Waals surface area contributed by atoms with Gasteiger partial charge in [0.25, 0.3) is 0 Å². The minimum Gasteiger partial charge on any atom is -0.370 e. The number of aromatic nitrogens is 1. The first kappa shape index (κ1) is 12.7. The number of aryl methyl sites for hydroxylation is 1. The lowest BCUT2D eigenvalue weighted by molar-refractivity contribution is 0.272. The van der Waals surface area contributed by atoms with Gasteiger partial charge in [-0.2, -0.15) is 0 Å². The highest BCUT2D eigenvalue weighted by molar-refractivity contribution is 6.18. The Labute approximate surface area is 109 Å².